The van der Waals surface area contributed by atoms with Crippen LogP contribution in [0.15, 0.2) is 35.2 Å². The summed E-state index contributed by atoms with van der Waals surface area (Å²) in [4.78, 5) is 11.8. The SMILES string of the molecule is CC(C)CNC(=O)CN(C)S(=O)(=O)c1ccccc1. The van der Waals surface area contributed by atoms with Crippen molar-refractivity contribution in [3.05, 3.63) is 30.3 Å². The smallest absolute Gasteiger partial charge is 0.243 e. The Bertz CT molecular complexity index is 512. The van der Waals surface area contributed by atoms with Crippen molar-refractivity contribution in [3.63, 3.8) is 0 Å². The molecule has 1 amide bonds. The number of carbonyl (C=O) groups is 1. The van der Waals surface area contributed by atoms with Crippen LogP contribution >= 0.6 is 0 Å². The number of rotatable bonds is 6. The highest BCUT2D eigenvalue weighted by molar-refractivity contribution is 7.89. The lowest BCUT2D eigenvalue weighted by Gasteiger charge is -2.17. The molecule has 6 heteroatoms. The number of carbonyl (C=O) groups excluding carboxylic acids is 1. The maximum absolute atomic E-state index is 12.2. The second kappa shape index (κ2) is 6.68. The number of hydrogen-bond acceptors (Lipinski definition) is 3. The van der Waals surface area contributed by atoms with Gasteiger partial charge in [-0.25, -0.2) is 8.42 Å². The van der Waals surface area contributed by atoms with Gasteiger partial charge in [-0.3, -0.25) is 4.79 Å². The molecule has 0 fully saturated rings. The first-order valence-electron chi connectivity index (χ1n) is 6.12. The van der Waals surface area contributed by atoms with Gasteiger partial charge in [0.1, 0.15) is 0 Å². The summed E-state index contributed by atoms with van der Waals surface area (Å²) in [6.07, 6.45) is 0. The molecule has 0 bridgehead atoms. The molecule has 0 aliphatic carbocycles. The Hall–Kier alpha value is -1.40. The molecule has 0 aromatic heterocycles. The minimum absolute atomic E-state index is 0.177. The summed E-state index contributed by atoms with van der Waals surface area (Å²) in [5, 5.41) is 2.69. The molecule has 0 aliphatic rings. The van der Waals surface area contributed by atoms with Crippen molar-refractivity contribution in [2.75, 3.05) is 20.1 Å². The number of nitrogens with one attached hydrogen (secondary N) is 1. The fourth-order valence-electron chi connectivity index (χ4n) is 1.43. The first-order valence-corrected chi connectivity index (χ1v) is 7.56. The van der Waals surface area contributed by atoms with E-state index in [0.29, 0.717) is 12.5 Å². The predicted molar refractivity (Wildman–Crippen MR) is 74.1 cm³/mol. The Labute approximate surface area is 114 Å². The largest absolute Gasteiger partial charge is 0.355 e. The summed E-state index contributed by atoms with van der Waals surface area (Å²) in [7, 11) is -2.20. The lowest BCUT2D eigenvalue weighted by molar-refractivity contribution is -0.121. The molecule has 106 valence electrons. The van der Waals surface area contributed by atoms with Gasteiger partial charge in [0.25, 0.3) is 0 Å². The Morgan fingerprint density at radius 3 is 2.37 bits per heavy atom. The van der Waals surface area contributed by atoms with Crippen molar-refractivity contribution in [1.82, 2.24) is 9.62 Å². The number of likely N-dealkylation sites (N-methyl/N-ethyl adjacent to an activating group) is 1. The zero-order chi connectivity index (χ0) is 14.5. The predicted octanol–water partition coefficient (Wildman–Crippen LogP) is 1.08. The summed E-state index contributed by atoms with van der Waals surface area (Å²) in [6, 6.07) is 8.07. The third-order valence-corrected chi connectivity index (χ3v) is 4.34. The summed E-state index contributed by atoms with van der Waals surface area (Å²) in [6.45, 7) is 4.32. The Morgan fingerprint density at radius 1 is 1.26 bits per heavy atom. The number of sulfonamides is 1. The third kappa shape index (κ3) is 4.65. The second-order valence-corrected chi connectivity index (χ2v) is 6.82. The highest BCUT2D eigenvalue weighted by atomic mass is 32.2. The molecule has 5 nitrogen and oxygen atoms in total. The average molecular weight is 284 g/mol. The molecular weight excluding hydrogens is 264 g/mol. The number of amides is 1. The van der Waals surface area contributed by atoms with E-state index in [-0.39, 0.29) is 17.3 Å². The van der Waals surface area contributed by atoms with Crippen molar-refractivity contribution in [2.45, 2.75) is 18.7 Å². The van der Waals surface area contributed by atoms with Crippen LogP contribution in [-0.2, 0) is 14.8 Å². The zero-order valence-corrected chi connectivity index (χ0v) is 12.3. The summed E-state index contributed by atoms with van der Waals surface area (Å²) >= 11 is 0. The van der Waals surface area contributed by atoms with E-state index < -0.39 is 10.0 Å². The quantitative estimate of drug-likeness (QED) is 0.850. The molecule has 19 heavy (non-hydrogen) atoms. The van der Waals surface area contributed by atoms with E-state index in [4.69, 9.17) is 0 Å². The van der Waals surface area contributed by atoms with Gasteiger partial charge in [-0.1, -0.05) is 32.0 Å². The second-order valence-electron chi connectivity index (χ2n) is 4.77. The molecule has 1 rings (SSSR count). The van der Waals surface area contributed by atoms with Crippen molar-refractivity contribution in [2.24, 2.45) is 5.92 Å². The molecule has 0 spiro atoms. The van der Waals surface area contributed by atoms with Crippen molar-refractivity contribution < 1.29 is 13.2 Å². The minimum Gasteiger partial charge on any atom is -0.355 e. The van der Waals surface area contributed by atoms with Crippen LogP contribution in [-0.4, -0.2) is 38.8 Å². The van der Waals surface area contributed by atoms with E-state index in [1.165, 1.54) is 19.2 Å². The molecule has 0 unspecified atom stereocenters. The van der Waals surface area contributed by atoms with Gasteiger partial charge in [-0.15, -0.1) is 0 Å². The Kier molecular flexibility index (Phi) is 5.50. The molecule has 0 radical (unpaired) electrons. The molecule has 0 saturated heterocycles. The van der Waals surface area contributed by atoms with Crippen LogP contribution in [0.1, 0.15) is 13.8 Å². The minimum atomic E-state index is -3.60. The van der Waals surface area contributed by atoms with E-state index in [2.05, 4.69) is 5.32 Å². The maximum atomic E-state index is 12.2. The summed E-state index contributed by atoms with van der Waals surface area (Å²) < 4.78 is 25.4. The van der Waals surface area contributed by atoms with Crippen LogP contribution in [0.3, 0.4) is 0 Å². The van der Waals surface area contributed by atoms with Crippen molar-refractivity contribution in [3.8, 4) is 0 Å². The number of nitrogens with zero attached hydrogens (tertiary/aromatic N) is 1. The monoisotopic (exact) mass is 284 g/mol. The number of hydrogen-bond donors (Lipinski definition) is 1. The lowest BCUT2D eigenvalue weighted by atomic mass is 10.2. The van der Waals surface area contributed by atoms with Gasteiger partial charge >= 0.3 is 0 Å². The highest BCUT2D eigenvalue weighted by Crippen LogP contribution is 2.12. The Morgan fingerprint density at radius 2 is 1.84 bits per heavy atom. The van der Waals surface area contributed by atoms with Crippen LogP contribution < -0.4 is 5.32 Å². The summed E-state index contributed by atoms with van der Waals surface area (Å²) in [5.74, 6) is 0.0377. The molecular formula is C13H20N2O3S. The molecule has 1 aromatic rings. The van der Waals surface area contributed by atoms with Gasteiger partial charge in [-0.05, 0) is 18.1 Å². The highest BCUT2D eigenvalue weighted by Gasteiger charge is 2.22. The molecule has 0 heterocycles. The third-order valence-electron chi connectivity index (χ3n) is 2.53. The first-order chi connectivity index (χ1) is 8.84. The van der Waals surface area contributed by atoms with E-state index in [1.54, 1.807) is 18.2 Å². The molecule has 1 N–H and O–H groups in total. The molecule has 1 aromatic carbocycles. The first kappa shape index (κ1) is 15.7. The topological polar surface area (TPSA) is 66.5 Å². The average Bonchev–Trinajstić information content (AvgIpc) is 2.37. The van der Waals surface area contributed by atoms with Gasteiger partial charge in [0.15, 0.2) is 0 Å². The van der Waals surface area contributed by atoms with Gasteiger partial charge in [0.2, 0.25) is 15.9 Å². The van der Waals surface area contributed by atoms with E-state index in [0.717, 1.165) is 4.31 Å². The fraction of sp³-hybridized carbons (Fsp3) is 0.462. The lowest BCUT2D eigenvalue weighted by Crippen LogP contribution is -2.39. The van der Waals surface area contributed by atoms with Crippen LogP contribution in [0.25, 0.3) is 0 Å². The standard InChI is InChI=1S/C13H20N2O3S/c1-11(2)9-14-13(16)10-15(3)19(17,18)12-7-5-4-6-8-12/h4-8,11H,9-10H2,1-3H3,(H,14,16). The summed E-state index contributed by atoms with van der Waals surface area (Å²) in [5.41, 5.74) is 0. The van der Waals surface area contributed by atoms with Gasteiger partial charge in [0.05, 0.1) is 11.4 Å². The van der Waals surface area contributed by atoms with Gasteiger partial charge in [0, 0.05) is 13.6 Å². The van der Waals surface area contributed by atoms with E-state index in [1.807, 2.05) is 13.8 Å². The molecule has 0 saturated carbocycles. The molecule has 0 atom stereocenters. The Balaban J connectivity index is 2.67. The van der Waals surface area contributed by atoms with Crippen molar-refractivity contribution >= 4 is 15.9 Å². The molecule has 0 aliphatic heterocycles. The van der Waals surface area contributed by atoms with Crippen LogP contribution in [0.4, 0.5) is 0 Å². The van der Waals surface area contributed by atoms with Gasteiger partial charge in [-0.2, -0.15) is 4.31 Å². The van der Waals surface area contributed by atoms with E-state index >= 15 is 0 Å². The number of benzene rings is 1. The fourth-order valence-corrected chi connectivity index (χ4v) is 2.58. The van der Waals surface area contributed by atoms with Crippen molar-refractivity contribution in [1.29, 1.82) is 0 Å². The van der Waals surface area contributed by atoms with Crippen LogP contribution in [0.2, 0.25) is 0 Å². The van der Waals surface area contributed by atoms with Crippen LogP contribution in [0, 0.1) is 5.92 Å². The zero-order valence-electron chi connectivity index (χ0n) is 11.5. The van der Waals surface area contributed by atoms with Crippen LogP contribution in [0.5, 0.6) is 0 Å². The maximum Gasteiger partial charge on any atom is 0.243 e. The van der Waals surface area contributed by atoms with E-state index in [9.17, 15) is 13.2 Å². The normalized spacial score (nSPS) is 11.8. The van der Waals surface area contributed by atoms with Gasteiger partial charge < -0.3 is 5.32 Å².